The predicted octanol–water partition coefficient (Wildman–Crippen LogP) is 2.86. The molecule has 0 saturated heterocycles. The van der Waals surface area contributed by atoms with Crippen LogP contribution in [0, 0.1) is 0 Å². The van der Waals surface area contributed by atoms with Gasteiger partial charge >= 0.3 is 5.97 Å². The highest BCUT2D eigenvalue weighted by atomic mass is 35.5. The summed E-state index contributed by atoms with van der Waals surface area (Å²) >= 11 is 6.19. The minimum absolute atomic E-state index is 0.00191. The van der Waals surface area contributed by atoms with Crippen molar-refractivity contribution in [1.29, 1.82) is 0 Å². The van der Waals surface area contributed by atoms with E-state index < -0.39 is 5.97 Å². The van der Waals surface area contributed by atoms with Crippen molar-refractivity contribution in [1.82, 2.24) is 4.98 Å². The number of anilines is 1. The van der Waals surface area contributed by atoms with Crippen LogP contribution in [0.15, 0.2) is 42.7 Å². The fraction of sp³-hybridized carbons (Fsp3) is 0.250. The van der Waals surface area contributed by atoms with Crippen molar-refractivity contribution in [3.05, 3.63) is 58.9 Å². The van der Waals surface area contributed by atoms with E-state index in [1.807, 2.05) is 24.3 Å². The number of benzene rings is 1. The minimum atomic E-state index is -0.864. The summed E-state index contributed by atoms with van der Waals surface area (Å²) in [5.74, 6) is -1.09. The minimum Gasteiger partial charge on any atom is -0.481 e. The molecular weight excluding hydrogens is 302 g/mol. The van der Waals surface area contributed by atoms with Crippen molar-refractivity contribution in [3.8, 4) is 0 Å². The average Bonchev–Trinajstić information content (AvgIpc) is 2.53. The van der Waals surface area contributed by atoms with Gasteiger partial charge in [-0.1, -0.05) is 17.7 Å². The molecule has 4 N–H and O–H groups in total. The van der Waals surface area contributed by atoms with Crippen LogP contribution >= 0.6 is 11.6 Å². The normalized spacial score (nSPS) is 11.9. The Morgan fingerprint density at radius 1 is 1.32 bits per heavy atom. The zero-order valence-corrected chi connectivity index (χ0v) is 12.8. The number of hydrogen-bond acceptors (Lipinski definition) is 4. The van der Waals surface area contributed by atoms with Crippen molar-refractivity contribution in [3.63, 3.8) is 0 Å². The van der Waals surface area contributed by atoms with Crippen LogP contribution < -0.4 is 11.1 Å². The number of nitrogens with two attached hydrogens (primary N) is 1. The Labute approximate surface area is 134 Å². The van der Waals surface area contributed by atoms with Crippen LogP contribution in [0.1, 0.15) is 23.5 Å². The van der Waals surface area contributed by atoms with Crippen LogP contribution in [0.4, 0.5) is 5.69 Å². The quantitative estimate of drug-likeness (QED) is 0.730. The second-order valence-corrected chi connectivity index (χ2v) is 5.39. The molecule has 22 heavy (non-hydrogen) atoms. The lowest BCUT2D eigenvalue weighted by Crippen LogP contribution is -2.16. The van der Waals surface area contributed by atoms with Crippen LogP contribution in [0.5, 0.6) is 0 Å². The predicted molar refractivity (Wildman–Crippen MR) is 87.1 cm³/mol. The van der Waals surface area contributed by atoms with E-state index in [0.29, 0.717) is 11.6 Å². The van der Waals surface area contributed by atoms with E-state index in [4.69, 9.17) is 22.4 Å². The number of nitrogens with zero attached hydrogens (tertiary/aromatic N) is 1. The Kier molecular flexibility index (Phi) is 5.75. The van der Waals surface area contributed by atoms with Crippen LogP contribution in [0.3, 0.4) is 0 Å². The topological polar surface area (TPSA) is 88.2 Å². The molecule has 0 radical (unpaired) electrons. The van der Waals surface area contributed by atoms with Gasteiger partial charge in [0.25, 0.3) is 0 Å². The highest BCUT2D eigenvalue weighted by Gasteiger charge is 2.15. The lowest BCUT2D eigenvalue weighted by Gasteiger charge is -2.16. The van der Waals surface area contributed by atoms with Crippen LogP contribution in [-0.4, -0.2) is 22.6 Å². The third-order valence-corrected chi connectivity index (χ3v) is 3.73. The summed E-state index contributed by atoms with van der Waals surface area (Å²) in [6.45, 7) is 0.885. The molecule has 0 fully saturated rings. The summed E-state index contributed by atoms with van der Waals surface area (Å²) in [4.78, 5) is 14.9. The number of aliphatic carboxylic acids is 1. The van der Waals surface area contributed by atoms with E-state index in [-0.39, 0.29) is 18.9 Å². The van der Waals surface area contributed by atoms with Gasteiger partial charge in [-0.15, -0.1) is 0 Å². The van der Waals surface area contributed by atoms with Gasteiger partial charge < -0.3 is 16.2 Å². The molecule has 6 heteroatoms. The average molecular weight is 320 g/mol. The van der Waals surface area contributed by atoms with E-state index >= 15 is 0 Å². The second-order valence-electron chi connectivity index (χ2n) is 4.98. The third kappa shape index (κ3) is 4.44. The van der Waals surface area contributed by atoms with Crippen molar-refractivity contribution >= 4 is 23.3 Å². The van der Waals surface area contributed by atoms with E-state index in [9.17, 15) is 4.79 Å². The maximum Gasteiger partial charge on any atom is 0.304 e. The number of carboxylic acids is 1. The first-order chi connectivity index (χ1) is 10.6. The second kappa shape index (κ2) is 7.77. The van der Waals surface area contributed by atoms with E-state index in [1.165, 1.54) is 0 Å². The molecule has 0 spiro atoms. The molecule has 1 atom stereocenters. The third-order valence-electron chi connectivity index (χ3n) is 3.40. The van der Waals surface area contributed by atoms with Gasteiger partial charge in [0.1, 0.15) is 0 Å². The number of hydrogen-bond donors (Lipinski definition) is 3. The maximum atomic E-state index is 10.9. The number of rotatable bonds is 7. The Morgan fingerprint density at radius 2 is 2.05 bits per heavy atom. The highest BCUT2D eigenvalue weighted by molar-refractivity contribution is 6.33. The molecule has 0 unspecified atom stereocenters. The number of nitrogens with one attached hydrogen (secondary N) is 1. The summed E-state index contributed by atoms with van der Waals surface area (Å²) in [6.07, 6.45) is 3.46. The van der Waals surface area contributed by atoms with E-state index in [0.717, 1.165) is 16.8 Å². The Hall–Kier alpha value is -2.11. The Balaban J connectivity index is 2.14. The lowest BCUT2D eigenvalue weighted by atomic mass is 9.95. The molecule has 116 valence electrons. The Bertz CT molecular complexity index is 635. The zero-order valence-electron chi connectivity index (χ0n) is 12.0. The van der Waals surface area contributed by atoms with Gasteiger partial charge in [-0.25, -0.2) is 0 Å². The largest absolute Gasteiger partial charge is 0.481 e. The molecule has 5 nitrogen and oxygen atoms in total. The molecule has 0 aliphatic heterocycles. The molecule has 0 saturated carbocycles. The molecular formula is C16H18ClN3O2. The van der Waals surface area contributed by atoms with Crippen molar-refractivity contribution in [2.45, 2.75) is 18.9 Å². The number of pyridine rings is 1. The van der Waals surface area contributed by atoms with Crippen LogP contribution in [0.2, 0.25) is 5.02 Å². The molecule has 0 bridgehead atoms. The standard InChI is InChI=1S/C16H18ClN3O2/c17-14-2-1-12(13(9-18)8-16(21)22)7-15(14)20-10-11-3-5-19-6-4-11/h1-7,13,20H,8-10,18H2,(H,21,22)/t13-/m1/s1. The SMILES string of the molecule is NC[C@@H](CC(=O)O)c1ccc(Cl)c(NCc2ccncc2)c1. The first kappa shape index (κ1) is 16.3. The number of carboxylic acid groups (broad SMARTS) is 1. The van der Waals surface area contributed by atoms with Gasteiger partial charge in [0, 0.05) is 24.9 Å². The highest BCUT2D eigenvalue weighted by Crippen LogP contribution is 2.28. The van der Waals surface area contributed by atoms with Crippen molar-refractivity contribution in [2.24, 2.45) is 5.73 Å². The molecule has 0 aliphatic rings. The van der Waals surface area contributed by atoms with Crippen LogP contribution in [-0.2, 0) is 11.3 Å². The summed E-state index contributed by atoms with van der Waals surface area (Å²) in [5.41, 5.74) is 8.39. The smallest absolute Gasteiger partial charge is 0.304 e. The number of aromatic nitrogens is 1. The lowest BCUT2D eigenvalue weighted by molar-refractivity contribution is -0.137. The van der Waals surface area contributed by atoms with Gasteiger partial charge in [0.15, 0.2) is 0 Å². The van der Waals surface area contributed by atoms with Gasteiger partial charge in [0.2, 0.25) is 0 Å². The van der Waals surface area contributed by atoms with Gasteiger partial charge in [0.05, 0.1) is 17.1 Å². The van der Waals surface area contributed by atoms with E-state index in [2.05, 4.69) is 10.3 Å². The first-order valence-electron chi connectivity index (χ1n) is 6.94. The summed E-state index contributed by atoms with van der Waals surface area (Å²) < 4.78 is 0. The summed E-state index contributed by atoms with van der Waals surface area (Å²) in [6, 6.07) is 9.27. The van der Waals surface area contributed by atoms with E-state index in [1.54, 1.807) is 18.5 Å². The van der Waals surface area contributed by atoms with Crippen molar-refractivity contribution in [2.75, 3.05) is 11.9 Å². The fourth-order valence-electron chi connectivity index (χ4n) is 2.18. The maximum absolute atomic E-state index is 10.9. The molecule has 1 aromatic heterocycles. The van der Waals surface area contributed by atoms with Crippen molar-refractivity contribution < 1.29 is 9.90 Å². The van der Waals surface area contributed by atoms with Gasteiger partial charge in [-0.3, -0.25) is 9.78 Å². The number of carbonyl (C=O) groups is 1. The first-order valence-corrected chi connectivity index (χ1v) is 7.32. The molecule has 2 aromatic rings. The molecule has 0 aliphatic carbocycles. The molecule has 1 aromatic carbocycles. The molecule has 2 rings (SSSR count). The monoisotopic (exact) mass is 319 g/mol. The number of halogens is 1. The summed E-state index contributed by atoms with van der Waals surface area (Å²) in [7, 11) is 0. The van der Waals surface area contributed by atoms with Gasteiger partial charge in [-0.05, 0) is 41.9 Å². The van der Waals surface area contributed by atoms with Crippen LogP contribution in [0.25, 0.3) is 0 Å². The molecule has 1 heterocycles. The van der Waals surface area contributed by atoms with Gasteiger partial charge in [-0.2, -0.15) is 0 Å². The Morgan fingerprint density at radius 3 is 2.68 bits per heavy atom. The molecule has 0 amide bonds. The summed E-state index contributed by atoms with van der Waals surface area (Å²) in [5, 5.41) is 12.8. The fourth-order valence-corrected chi connectivity index (χ4v) is 2.36. The zero-order chi connectivity index (χ0) is 15.9.